The molecular formula is C15H14LiNO2. The van der Waals surface area contributed by atoms with Crippen LogP contribution in [0.25, 0.3) is 10.9 Å². The van der Waals surface area contributed by atoms with Gasteiger partial charge in [0.25, 0.3) is 0 Å². The molecule has 0 bridgehead atoms. The molecule has 0 saturated carbocycles. The van der Waals surface area contributed by atoms with Crippen LogP contribution in [0.2, 0.25) is 0 Å². The average Bonchev–Trinajstić information content (AvgIpc) is 2.41. The van der Waals surface area contributed by atoms with Crippen molar-refractivity contribution in [3.8, 4) is 11.5 Å². The number of fused-ring (bicyclic) bond motifs is 1. The maximum absolute atomic E-state index is 9.31. The van der Waals surface area contributed by atoms with Crippen molar-refractivity contribution in [3.63, 3.8) is 0 Å². The Labute approximate surface area is 123 Å². The molecule has 0 saturated heterocycles. The molecule has 2 N–H and O–H groups in total. The summed E-state index contributed by atoms with van der Waals surface area (Å²) in [7, 11) is 0. The van der Waals surface area contributed by atoms with Crippen LogP contribution < -0.4 is 0 Å². The van der Waals surface area contributed by atoms with Crippen molar-refractivity contribution in [2.45, 2.75) is 0 Å². The summed E-state index contributed by atoms with van der Waals surface area (Å²) >= 11 is 0. The van der Waals surface area contributed by atoms with Gasteiger partial charge in [0, 0.05) is 11.6 Å². The molecule has 0 radical (unpaired) electrons. The van der Waals surface area contributed by atoms with E-state index in [1.807, 2.05) is 24.3 Å². The molecule has 0 amide bonds. The Morgan fingerprint density at radius 3 is 2.00 bits per heavy atom. The van der Waals surface area contributed by atoms with Gasteiger partial charge in [-0.1, -0.05) is 36.4 Å². The minimum atomic E-state index is 0. The molecule has 3 aromatic rings. The second-order valence-corrected chi connectivity index (χ2v) is 3.69. The predicted octanol–water partition coefficient (Wildman–Crippen LogP) is 2.68. The molecule has 0 aliphatic heterocycles. The molecule has 92 valence electrons. The third-order valence-corrected chi connectivity index (χ3v) is 2.37. The van der Waals surface area contributed by atoms with Crippen molar-refractivity contribution in [1.82, 2.24) is 4.98 Å². The number of hydrogen-bond acceptors (Lipinski definition) is 3. The van der Waals surface area contributed by atoms with Crippen molar-refractivity contribution in [2.75, 3.05) is 0 Å². The molecule has 0 fully saturated rings. The van der Waals surface area contributed by atoms with Gasteiger partial charge in [0.15, 0.2) is 0 Å². The molecule has 0 aliphatic carbocycles. The van der Waals surface area contributed by atoms with Crippen molar-refractivity contribution in [3.05, 3.63) is 66.9 Å². The fourth-order valence-electron chi connectivity index (χ4n) is 1.52. The van der Waals surface area contributed by atoms with Crippen LogP contribution in [-0.2, 0) is 0 Å². The Bertz CT molecular complexity index is 624. The Balaban J connectivity index is 0.000000198. The number of phenolic OH excluding ortho intramolecular Hbond substituents is 2. The zero-order valence-corrected chi connectivity index (χ0v) is 9.69. The third-order valence-electron chi connectivity index (χ3n) is 2.37. The molecule has 0 unspecified atom stereocenters. The average molecular weight is 247 g/mol. The number of aromatic hydroxyl groups is 2. The second-order valence-electron chi connectivity index (χ2n) is 3.69. The van der Waals surface area contributed by atoms with E-state index in [0.29, 0.717) is 11.3 Å². The van der Waals surface area contributed by atoms with Crippen LogP contribution in [-0.4, -0.2) is 34.1 Å². The van der Waals surface area contributed by atoms with Gasteiger partial charge >= 0.3 is 18.9 Å². The van der Waals surface area contributed by atoms with Crippen molar-refractivity contribution < 1.29 is 10.2 Å². The van der Waals surface area contributed by atoms with Gasteiger partial charge in [-0.25, -0.2) is 0 Å². The fraction of sp³-hybridized carbons (Fsp3) is 0. The van der Waals surface area contributed by atoms with Crippen LogP contribution in [0.5, 0.6) is 11.5 Å². The van der Waals surface area contributed by atoms with Crippen LogP contribution in [0.4, 0.5) is 0 Å². The van der Waals surface area contributed by atoms with Crippen LogP contribution in [0, 0.1) is 0 Å². The van der Waals surface area contributed by atoms with Gasteiger partial charge in [0.05, 0.1) is 0 Å². The summed E-state index contributed by atoms with van der Waals surface area (Å²) < 4.78 is 0. The topological polar surface area (TPSA) is 53.4 Å². The minimum absolute atomic E-state index is 0. The van der Waals surface area contributed by atoms with Crippen molar-refractivity contribution in [1.29, 1.82) is 0 Å². The molecule has 19 heavy (non-hydrogen) atoms. The number of para-hydroxylation sites is 2. The van der Waals surface area contributed by atoms with E-state index in [1.54, 1.807) is 42.6 Å². The fourth-order valence-corrected chi connectivity index (χ4v) is 1.52. The van der Waals surface area contributed by atoms with E-state index in [9.17, 15) is 5.11 Å². The number of aromatic nitrogens is 1. The summed E-state index contributed by atoms with van der Waals surface area (Å²) in [5.41, 5.74) is 0.662. The zero-order chi connectivity index (χ0) is 12.8. The predicted molar refractivity (Wildman–Crippen MR) is 78.7 cm³/mol. The number of hydrogen-bond donors (Lipinski definition) is 2. The van der Waals surface area contributed by atoms with Gasteiger partial charge in [-0.15, -0.1) is 0 Å². The zero-order valence-electron chi connectivity index (χ0n) is 9.69. The summed E-state index contributed by atoms with van der Waals surface area (Å²) in [6.07, 6.45) is 1.67. The van der Waals surface area contributed by atoms with Gasteiger partial charge in [0.1, 0.15) is 17.0 Å². The molecule has 1 aromatic heterocycles. The van der Waals surface area contributed by atoms with E-state index in [4.69, 9.17) is 5.11 Å². The Morgan fingerprint density at radius 2 is 1.42 bits per heavy atom. The molecule has 0 spiro atoms. The summed E-state index contributed by atoms with van der Waals surface area (Å²) in [5.74, 6) is 0.561. The summed E-state index contributed by atoms with van der Waals surface area (Å²) in [5, 5.41) is 18.9. The molecular weight excluding hydrogens is 233 g/mol. The van der Waals surface area contributed by atoms with E-state index in [1.165, 1.54) is 0 Å². The van der Waals surface area contributed by atoms with Crippen molar-refractivity contribution >= 4 is 29.8 Å². The number of nitrogens with zero attached hydrogens (tertiary/aromatic N) is 1. The maximum atomic E-state index is 9.31. The monoisotopic (exact) mass is 247 g/mol. The van der Waals surface area contributed by atoms with E-state index < -0.39 is 0 Å². The van der Waals surface area contributed by atoms with E-state index in [2.05, 4.69) is 4.98 Å². The SMILES string of the molecule is Oc1cccc2cccnc12.Oc1ccccc1.[LiH]. The normalized spacial score (nSPS) is 9.05. The Hall–Kier alpha value is -1.95. The molecule has 0 atom stereocenters. The van der Waals surface area contributed by atoms with Crippen LogP contribution in [0.3, 0.4) is 0 Å². The summed E-state index contributed by atoms with van der Waals surface area (Å²) in [4.78, 5) is 4.03. The van der Waals surface area contributed by atoms with Gasteiger partial charge in [-0.3, -0.25) is 4.98 Å². The van der Waals surface area contributed by atoms with E-state index in [-0.39, 0.29) is 24.6 Å². The van der Waals surface area contributed by atoms with Crippen molar-refractivity contribution in [2.24, 2.45) is 0 Å². The van der Waals surface area contributed by atoms with Gasteiger partial charge in [-0.2, -0.15) is 0 Å². The van der Waals surface area contributed by atoms with Gasteiger partial charge < -0.3 is 10.2 Å². The van der Waals surface area contributed by atoms with Crippen LogP contribution >= 0.6 is 0 Å². The quantitative estimate of drug-likeness (QED) is 0.600. The first-order valence-electron chi connectivity index (χ1n) is 5.54. The summed E-state index contributed by atoms with van der Waals surface area (Å²) in [6.45, 7) is 0. The van der Waals surface area contributed by atoms with Crippen LogP contribution in [0.1, 0.15) is 0 Å². The Kier molecular flexibility index (Phi) is 5.94. The standard InChI is InChI=1S/C9H7NO.C6H6O.Li.H/c11-8-5-1-3-7-4-2-6-10-9(7)8;7-6-4-2-1-3-5-6;;/h1-6,11H;1-5,7H;;. The molecule has 4 heteroatoms. The molecule has 2 aromatic carbocycles. The van der Waals surface area contributed by atoms with Gasteiger partial charge in [-0.05, 0) is 24.3 Å². The molecule has 0 aliphatic rings. The number of phenols is 2. The molecule has 3 rings (SSSR count). The summed E-state index contributed by atoms with van der Waals surface area (Å²) in [6, 6.07) is 17.8. The number of pyridine rings is 1. The van der Waals surface area contributed by atoms with Crippen LogP contribution in [0.15, 0.2) is 66.9 Å². The first-order valence-corrected chi connectivity index (χ1v) is 5.54. The Morgan fingerprint density at radius 1 is 0.737 bits per heavy atom. The van der Waals surface area contributed by atoms with E-state index in [0.717, 1.165) is 5.39 Å². The second kappa shape index (κ2) is 7.48. The molecule has 3 nitrogen and oxygen atoms in total. The molecule has 1 heterocycles. The third kappa shape index (κ3) is 4.33. The first kappa shape index (κ1) is 15.1. The van der Waals surface area contributed by atoms with Gasteiger partial charge in [0.2, 0.25) is 0 Å². The van der Waals surface area contributed by atoms with E-state index >= 15 is 0 Å². The number of benzene rings is 2. The number of rotatable bonds is 0. The first-order chi connectivity index (χ1) is 8.77.